The number of anilines is 2. The van der Waals surface area contributed by atoms with Crippen LogP contribution in [0.5, 0.6) is 0 Å². The van der Waals surface area contributed by atoms with Crippen LogP contribution >= 0.6 is 11.8 Å². The molecule has 0 amide bonds. The summed E-state index contributed by atoms with van der Waals surface area (Å²) in [6, 6.07) is 1.25. The van der Waals surface area contributed by atoms with Crippen molar-refractivity contribution in [2.45, 2.75) is 24.3 Å². The van der Waals surface area contributed by atoms with Crippen molar-refractivity contribution in [2.75, 3.05) is 17.6 Å². The van der Waals surface area contributed by atoms with Crippen LogP contribution in [0.3, 0.4) is 0 Å². The largest absolute Gasteiger partial charge is 0.383 e. The van der Waals surface area contributed by atoms with E-state index in [0.29, 0.717) is 10.9 Å². The Morgan fingerprint density at radius 3 is 2.90 bits per heavy atom. The lowest BCUT2D eigenvalue weighted by molar-refractivity contribution is 0.941. The molecule has 0 unspecified atom stereocenters. The lowest BCUT2D eigenvalue weighted by Crippen LogP contribution is -2.09. The summed E-state index contributed by atoms with van der Waals surface area (Å²) < 4.78 is 0. The van der Waals surface area contributed by atoms with Gasteiger partial charge < -0.3 is 16.0 Å². The molecule has 0 radical (unpaired) electrons. The minimum Gasteiger partial charge on any atom is -0.383 e. The number of aromatic amines is 1. The van der Waals surface area contributed by atoms with E-state index in [1.807, 2.05) is 0 Å². The zero-order chi connectivity index (χ0) is 14.4. The lowest BCUT2D eigenvalue weighted by Gasteiger charge is -2.04. The van der Waals surface area contributed by atoms with Crippen molar-refractivity contribution < 1.29 is 0 Å². The van der Waals surface area contributed by atoms with Gasteiger partial charge in [0.1, 0.15) is 11.6 Å². The van der Waals surface area contributed by atoms with Gasteiger partial charge in [0.05, 0.1) is 18.1 Å². The van der Waals surface area contributed by atoms with Gasteiger partial charge in [-0.1, -0.05) is 18.7 Å². The Morgan fingerprint density at radius 2 is 2.25 bits per heavy atom. The fourth-order valence-electron chi connectivity index (χ4n) is 1.44. The number of thioether (sulfide) groups is 1. The molecule has 2 aromatic heterocycles. The van der Waals surface area contributed by atoms with Crippen molar-refractivity contribution in [3.63, 3.8) is 0 Å². The van der Waals surface area contributed by atoms with Crippen LogP contribution in [0.4, 0.5) is 11.6 Å². The van der Waals surface area contributed by atoms with Crippen molar-refractivity contribution >= 4 is 23.4 Å². The molecule has 0 aliphatic carbocycles. The highest BCUT2D eigenvalue weighted by atomic mass is 32.2. The molecule has 0 aliphatic rings. The number of nitrogens with zero attached hydrogens (tertiary/aromatic N) is 3. The molecule has 7 nitrogen and oxygen atoms in total. The van der Waals surface area contributed by atoms with Gasteiger partial charge in [0.15, 0.2) is 5.16 Å². The summed E-state index contributed by atoms with van der Waals surface area (Å²) in [6.45, 7) is 2.96. The van der Waals surface area contributed by atoms with Crippen LogP contribution < -0.4 is 16.6 Å². The number of nitrogens with two attached hydrogens (primary N) is 1. The molecule has 0 fully saturated rings. The van der Waals surface area contributed by atoms with Crippen molar-refractivity contribution in [3.8, 4) is 0 Å². The van der Waals surface area contributed by atoms with Gasteiger partial charge in [0.2, 0.25) is 0 Å². The van der Waals surface area contributed by atoms with E-state index in [1.165, 1.54) is 17.8 Å². The van der Waals surface area contributed by atoms with Crippen LogP contribution in [0, 0.1) is 0 Å². The Bertz CT molecular complexity index is 612. The predicted molar refractivity (Wildman–Crippen MR) is 79.6 cm³/mol. The summed E-state index contributed by atoms with van der Waals surface area (Å²) in [4.78, 5) is 26.4. The minimum atomic E-state index is -0.259. The van der Waals surface area contributed by atoms with Crippen molar-refractivity contribution in [2.24, 2.45) is 0 Å². The number of rotatable bonds is 6. The summed E-state index contributed by atoms with van der Waals surface area (Å²) in [6.07, 6.45) is 4.43. The summed E-state index contributed by atoms with van der Waals surface area (Å²) in [5.41, 5.74) is 6.06. The molecule has 0 spiro atoms. The molecule has 2 heterocycles. The van der Waals surface area contributed by atoms with Crippen LogP contribution in [0.1, 0.15) is 19.0 Å². The third-order valence-electron chi connectivity index (χ3n) is 2.36. The first-order valence-corrected chi connectivity index (χ1v) is 7.20. The third-order valence-corrected chi connectivity index (χ3v) is 3.26. The number of aromatic nitrogens is 4. The van der Waals surface area contributed by atoms with Crippen LogP contribution in [-0.4, -0.2) is 26.5 Å². The molecule has 0 bridgehead atoms. The maximum absolute atomic E-state index is 11.2. The van der Waals surface area contributed by atoms with Gasteiger partial charge in [-0.25, -0.2) is 9.97 Å². The van der Waals surface area contributed by atoms with E-state index in [-0.39, 0.29) is 11.4 Å². The van der Waals surface area contributed by atoms with E-state index < -0.39 is 0 Å². The second kappa shape index (κ2) is 6.90. The molecular weight excluding hydrogens is 276 g/mol. The number of hydrogen-bond donors (Lipinski definition) is 3. The molecule has 0 aromatic carbocycles. The van der Waals surface area contributed by atoms with Gasteiger partial charge in [-0.2, -0.15) is 0 Å². The molecule has 20 heavy (non-hydrogen) atoms. The number of nitrogen functional groups attached to an aromatic ring is 1. The first kappa shape index (κ1) is 14.3. The molecule has 0 saturated heterocycles. The van der Waals surface area contributed by atoms with Gasteiger partial charge in [0, 0.05) is 18.4 Å². The lowest BCUT2D eigenvalue weighted by atomic mass is 10.4. The van der Waals surface area contributed by atoms with E-state index >= 15 is 0 Å². The van der Waals surface area contributed by atoms with Crippen LogP contribution in [-0.2, 0) is 5.75 Å². The van der Waals surface area contributed by atoms with E-state index in [1.54, 1.807) is 12.4 Å². The average molecular weight is 292 g/mol. The number of nitrogens with one attached hydrogen (secondary N) is 2. The molecular formula is C12H16N6OS. The topological polar surface area (TPSA) is 110 Å². The quantitative estimate of drug-likeness (QED) is 0.543. The van der Waals surface area contributed by atoms with E-state index in [2.05, 4.69) is 32.2 Å². The predicted octanol–water partition coefficient (Wildman–Crippen LogP) is 1.26. The van der Waals surface area contributed by atoms with E-state index in [9.17, 15) is 4.79 Å². The van der Waals surface area contributed by atoms with Crippen LogP contribution in [0.2, 0.25) is 0 Å². The first-order chi connectivity index (χ1) is 9.67. The Morgan fingerprint density at radius 1 is 1.40 bits per heavy atom. The Hall–Kier alpha value is -2.09. The SMILES string of the molecule is CCCNc1cnc(CSc2nc(N)cc(=O)[nH]2)cn1. The smallest absolute Gasteiger partial charge is 0.253 e. The molecule has 0 saturated carbocycles. The second-order valence-electron chi connectivity index (χ2n) is 4.08. The summed E-state index contributed by atoms with van der Waals surface area (Å²) >= 11 is 1.36. The number of hydrogen-bond acceptors (Lipinski definition) is 7. The maximum Gasteiger partial charge on any atom is 0.253 e. The average Bonchev–Trinajstić information content (AvgIpc) is 2.43. The van der Waals surface area contributed by atoms with Gasteiger partial charge in [-0.05, 0) is 6.42 Å². The van der Waals surface area contributed by atoms with Crippen molar-refractivity contribution in [1.29, 1.82) is 0 Å². The Kier molecular flexibility index (Phi) is 4.94. The first-order valence-electron chi connectivity index (χ1n) is 6.22. The highest BCUT2D eigenvalue weighted by Gasteiger charge is 2.02. The molecule has 4 N–H and O–H groups in total. The van der Waals surface area contributed by atoms with E-state index in [0.717, 1.165) is 24.5 Å². The normalized spacial score (nSPS) is 10.4. The van der Waals surface area contributed by atoms with Gasteiger partial charge in [0.25, 0.3) is 5.56 Å². The molecule has 2 aromatic rings. The van der Waals surface area contributed by atoms with Crippen molar-refractivity contribution in [3.05, 3.63) is 34.5 Å². The van der Waals surface area contributed by atoms with Crippen molar-refractivity contribution in [1.82, 2.24) is 19.9 Å². The zero-order valence-electron chi connectivity index (χ0n) is 11.1. The van der Waals surface area contributed by atoms with Gasteiger partial charge in [-0.15, -0.1) is 0 Å². The maximum atomic E-state index is 11.2. The Labute approximate surface area is 120 Å². The summed E-state index contributed by atoms with van der Waals surface area (Å²) in [5, 5.41) is 3.63. The molecule has 0 atom stereocenters. The second-order valence-corrected chi connectivity index (χ2v) is 5.05. The molecule has 2 rings (SSSR count). The summed E-state index contributed by atoms with van der Waals surface area (Å²) in [5.74, 6) is 1.53. The van der Waals surface area contributed by atoms with E-state index in [4.69, 9.17) is 5.73 Å². The molecule has 106 valence electrons. The summed E-state index contributed by atoms with van der Waals surface area (Å²) in [7, 11) is 0. The van der Waals surface area contributed by atoms with Crippen LogP contribution in [0.15, 0.2) is 28.4 Å². The van der Waals surface area contributed by atoms with Gasteiger partial charge in [-0.3, -0.25) is 9.78 Å². The monoisotopic (exact) mass is 292 g/mol. The fraction of sp³-hybridized carbons (Fsp3) is 0.333. The number of H-pyrrole nitrogens is 1. The standard InChI is InChI=1S/C12H16N6OS/c1-2-3-14-10-6-15-8(5-16-10)7-20-12-17-9(13)4-11(19)18-12/h4-6H,2-3,7H2,1H3,(H,14,16)(H3,13,17,18,19). The Balaban J connectivity index is 1.95. The van der Waals surface area contributed by atoms with Crippen LogP contribution in [0.25, 0.3) is 0 Å². The zero-order valence-corrected chi connectivity index (χ0v) is 11.9. The molecule has 0 aliphatic heterocycles. The third kappa shape index (κ3) is 4.23. The van der Waals surface area contributed by atoms with Gasteiger partial charge >= 0.3 is 0 Å². The highest BCUT2D eigenvalue weighted by molar-refractivity contribution is 7.98. The highest BCUT2D eigenvalue weighted by Crippen LogP contribution is 2.17. The minimum absolute atomic E-state index is 0.210. The fourth-order valence-corrected chi connectivity index (χ4v) is 2.21. The molecule has 8 heteroatoms.